The molecule has 0 radical (unpaired) electrons. The predicted octanol–water partition coefficient (Wildman–Crippen LogP) is 2.71. The molecule has 0 unspecified atom stereocenters. The molecule has 1 spiro atoms. The maximum absolute atomic E-state index is 6.48. The molecule has 0 saturated carbocycles. The van der Waals surface area contributed by atoms with Crippen LogP contribution in [0, 0.1) is 6.92 Å². The number of nitrogens with one attached hydrogen (secondary N) is 1. The molecule has 2 fully saturated rings. The van der Waals surface area contributed by atoms with Crippen molar-refractivity contribution in [2.45, 2.75) is 38.0 Å². The second-order valence-electron chi connectivity index (χ2n) is 7.19. The average molecular weight is 375 g/mol. The lowest BCUT2D eigenvalue weighted by atomic mass is 10.00. The highest BCUT2D eigenvalue weighted by molar-refractivity contribution is 7.11. The maximum Gasteiger partial charge on any atom is 0.222 e. The topological polar surface area (TPSA) is 59.5 Å². The molecule has 1 N–H and O–H groups in total. The molecule has 2 aromatic heterocycles. The predicted molar refractivity (Wildman–Crippen MR) is 103 cm³/mol. The fourth-order valence-electron chi connectivity index (χ4n) is 3.77. The average Bonchev–Trinajstić information content (AvgIpc) is 3.18. The van der Waals surface area contributed by atoms with Crippen LogP contribution in [0.3, 0.4) is 0 Å². The number of thiophene rings is 1. The van der Waals surface area contributed by atoms with Crippen LogP contribution in [0.15, 0.2) is 30.6 Å². The monoisotopic (exact) mass is 374 g/mol. The Bertz CT molecular complexity index is 711. The summed E-state index contributed by atoms with van der Waals surface area (Å²) < 4.78 is 12.4. The van der Waals surface area contributed by atoms with Crippen molar-refractivity contribution in [2.75, 3.05) is 38.2 Å². The summed E-state index contributed by atoms with van der Waals surface area (Å²) in [5, 5.41) is 3.28. The summed E-state index contributed by atoms with van der Waals surface area (Å²) in [4.78, 5) is 13.7. The van der Waals surface area contributed by atoms with Gasteiger partial charge in [-0.05, 0) is 38.0 Å². The number of nitrogens with zero attached hydrogens (tertiary/aromatic N) is 3. The van der Waals surface area contributed by atoms with Crippen LogP contribution < -0.4 is 5.32 Å². The van der Waals surface area contributed by atoms with Crippen LogP contribution in [0.25, 0.3) is 0 Å². The lowest BCUT2D eigenvalue weighted by molar-refractivity contribution is -0.0826. The van der Waals surface area contributed by atoms with E-state index in [4.69, 9.17) is 9.47 Å². The zero-order valence-corrected chi connectivity index (χ0v) is 16.0. The molecule has 2 aromatic rings. The highest BCUT2D eigenvalue weighted by Gasteiger charge is 2.43. The SMILES string of the molecule is Cc1ccc(CN2CCOC[C@@]3(CC[C@H](CNc4ncccn4)O3)C2)s1. The Kier molecular flexibility index (Phi) is 5.49. The van der Waals surface area contributed by atoms with E-state index in [0.29, 0.717) is 12.6 Å². The van der Waals surface area contributed by atoms with Gasteiger partial charge in [-0.3, -0.25) is 4.90 Å². The molecule has 0 aliphatic carbocycles. The van der Waals surface area contributed by atoms with Crippen molar-refractivity contribution in [1.29, 1.82) is 0 Å². The number of ether oxygens (including phenoxy) is 2. The number of rotatable bonds is 5. The van der Waals surface area contributed by atoms with E-state index < -0.39 is 0 Å². The fraction of sp³-hybridized carbons (Fsp3) is 0.579. The first-order valence-electron chi connectivity index (χ1n) is 9.25. The lowest BCUT2D eigenvalue weighted by Gasteiger charge is -2.31. The van der Waals surface area contributed by atoms with Gasteiger partial charge in [0.2, 0.25) is 5.95 Å². The van der Waals surface area contributed by atoms with Gasteiger partial charge in [0.15, 0.2) is 0 Å². The van der Waals surface area contributed by atoms with Gasteiger partial charge >= 0.3 is 0 Å². The van der Waals surface area contributed by atoms with Crippen molar-refractivity contribution < 1.29 is 9.47 Å². The Balaban J connectivity index is 1.34. The molecule has 2 saturated heterocycles. The molecule has 0 bridgehead atoms. The van der Waals surface area contributed by atoms with Gasteiger partial charge in [0.25, 0.3) is 0 Å². The minimum Gasteiger partial charge on any atom is -0.377 e. The molecule has 4 rings (SSSR count). The summed E-state index contributed by atoms with van der Waals surface area (Å²) in [5.41, 5.74) is -0.188. The highest BCUT2D eigenvalue weighted by atomic mass is 32.1. The van der Waals surface area contributed by atoms with Crippen LogP contribution in [-0.2, 0) is 16.0 Å². The molecule has 2 aliphatic rings. The van der Waals surface area contributed by atoms with Crippen LogP contribution in [-0.4, -0.2) is 59.4 Å². The van der Waals surface area contributed by atoms with Crippen molar-refractivity contribution in [3.63, 3.8) is 0 Å². The number of anilines is 1. The van der Waals surface area contributed by atoms with Crippen molar-refractivity contribution in [3.8, 4) is 0 Å². The Morgan fingerprint density at radius 2 is 2.23 bits per heavy atom. The van der Waals surface area contributed by atoms with E-state index >= 15 is 0 Å². The van der Waals surface area contributed by atoms with Gasteiger partial charge in [-0.15, -0.1) is 11.3 Å². The highest BCUT2D eigenvalue weighted by Crippen LogP contribution is 2.33. The summed E-state index contributed by atoms with van der Waals surface area (Å²) >= 11 is 1.88. The van der Waals surface area contributed by atoms with Gasteiger partial charge in [-0.1, -0.05) is 0 Å². The van der Waals surface area contributed by atoms with Crippen molar-refractivity contribution in [1.82, 2.24) is 14.9 Å². The van der Waals surface area contributed by atoms with Crippen LogP contribution in [0.2, 0.25) is 0 Å². The first-order chi connectivity index (χ1) is 12.7. The van der Waals surface area contributed by atoms with E-state index in [9.17, 15) is 0 Å². The zero-order valence-electron chi connectivity index (χ0n) is 15.2. The quantitative estimate of drug-likeness (QED) is 0.868. The maximum atomic E-state index is 6.48. The van der Waals surface area contributed by atoms with Crippen molar-refractivity contribution in [3.05, 3.63) is 40.3 Å². The summed E-state index contributed by atoms with van der Waals surface area (Å²) in [5.74, 6) is 0.656. The van der Waals surface area contributed by atoms with Crippen LogP contribution in [0.4, 0.5) is 5.95 Å². The minimum atomic E-state index is -0.188. The molecular weight excluding hydrogens is 348 g/mol. The van der Waals surface area contributed by atoms with E-state index in [1.54, 1.807) is 12.4 Å². The molecule has 2 atom stereocenters. The van der Waals surface area contributed by atoms with Gasteiger partial charge in [0, 0.05) is 48.3 Å². The van der Waals surface area contributed by atoms with Crippen LogP contribution in [0.1, 0.15) is 22.6 Å². The molecule has 140 valence electrons. The number of hydrogen-bond acceptors (Lipinski definition) is 7. The summed E-state index contributed by atoms with van der Waals surface area (Å²) in [6.07, 6.45) is 5.74. The van der Waals surface area contributed by atoms with Gasteiger partial charge in [0.05, 0.1) is 19.3 Å². The lowest BCUT2D eigenvalue weighted by Crippen LogP contribution is -2.44. The number of hydrogen-bond donors (Lipinski definition) is 1. The second-order valence-corrected chi connectivity index (χ2v) is 8.56. The summed E-state index contributed by atoms with van der Waals surface area (Å²) in [7, 11) is 0. The van der Waals surface area contributed by atoms with Gasteiger partial charge in [-0.25, -0.2) is 9.97 Å². The Morgan fingerprint density at radius 1 is 1.35 bits per heavy atom. The minimum absolute atomic E-state index is 0.173. The third kappa shape index (κ3) is 4.40. The van der Waals surface area contributed by atoms with Crippen LogP contribution >= 0.6 is 11.3 Å². The van der Waals surface area contributed by atoms with E-state index in [1.165, 1.54) is 9.75 Å². The molecule has 6 nitrogen and oxygen atoms in total. The van der Waals surface area contributed by atoms with E-state index in [0.717, 1.165) is 45.6 Å². The van der Waals surface area contributed by atoms with E-state index in [2.05, 4.69) is 39.2 Å². The molecule has 0 aromatic carbocycles. The Labute approximate surface area is 158 Å². The summed E-state index contributed by atoms with van der Waals surface area (Å²) in [6, 6.07) is 6.25. The zero-order chi connectivity index (χ0) is 17.8. The first-order valence-corrected chi connectivity index (χ1v) is 10.1. The fourth-order valence-corrected chi connectivity index (χ4v) is 4.70. The van der Waals surface area contributed by atoms with Crippen molar-refractivity contribution >= 4 is 17.3 Å². The molecule has 26 heavy (non-hydrogen) atoms. The number of aryl methyl sites for hydroxylation is 1. The Hall–Kier alpha value is -1.54. The van der Waals surface area contributed by atoms with Gasteiger partial charge < -0.3 is 14.8 Å². The molecular formula is C19H26N4O2S. The molecule has 4 heterocycles. The summed E-state index contributed by atoms with van der Waals surface area (Å²) in [6.45, 7) is 7.23. The smallest absolute Gasteiger partial charge is 0.222 e. The largest absolute Gasteiger partial charge is 0.377 e. The van der Waals surface area contributed by atoms with E-state index in [-0.39, 0.29) is 11.7 Å². The van der Waals surface area contributed by atoms with Crippen molar-refractivity contribution in [2.24, 2.45) is 0 Å². The van der Waals surface area contributed by atoms with Crippen LogP contribution in [0.5, 0.6) is 0 Å². The van der Waals surface area contributed by atoms with Gasteiger partial charge in [0.1, 0.15) is 5.60 Å². The normalized spacial score (nSPS) is 26.9. The Morgan fingerprint density at radius 3 is 3.04 bits per heavy atom. The van der Waals surface area contributed by atoms with Gasteiger partial charge in [-0.2, -0.15) is 0 Å². The first kappa shape index (κ1) is 17.9. The number of aromatic nitrogens is 2. The molecule has 7 heteroatoms. The van der Waals surface area contributed by atoms with E-state index in [1.807, 2.05) is 17.4 Å². The third-order valence-electron chi connectivity index (χ3n) is 5.00. The molecule has 0 amide bonds. The third-order valence-corrected chi connectivity index (χ3v) is 5.98. The standard InChI is InChI=1S/C19H26N4O2S/c1-15-3-4-17(26-15)12-23-9-10-24-14-19(13-23)6-5-16(25-19)11-22-18-20-7-2-8-21-18/h2-4,7-8,16H,5-6,9-14H2,1H3,(H,20,21,22)/t16-,19-/m1/s1. The second kappa shape index (κ2) is 8.00. The molecule has 2 aliphatic heterocycles.